The number of anilines is 1. The number of benzene rings is 1. The molecule has 0 fully saturated rings. The summed E-state index contributed by atoms with van der Waals surface area (Å²) in [6.07, 6.45) is 1.97. The minimum Gasteiger partial charge on any atom is -0.383 e. The van der Waals surface area contributed by atoms with Gasteiger partial charge >= 0.3 is 0 Å². The number of sulfonamides is 1. The number of rotatable bonds is 7. The topological polar surface area (TPSA) is 75.4 Å². The standard InChI is InChI=1S/C13H23N3O2S/c1-11(5-4-10-14)15-12-6-8-13(9-7-12)19(17,18)16(2)3/h6-9,11,15H,4-5,10,14H2,1-3H3. The normalized spacial score (nSPS) is 13.5. The Labute approximate surface area is 115 Å². The lowest BCUT2D eigenvalue weighted by atomic mass is 10.1. The van der Waals surface area contributed by atoms with E-state index in [2.05, 4.69) is 12.2 Å². The summed E-state index contributed by atoms with van der Waals surface area (Å²) in [4.78, 5) is 0.303. The zero-order valence-corrected chi connectivity index (χ0v) is 12.6. The zero-order chi connectivity index (χ0) is 14.5. The lowest BCUT2D eigenvalue weighted by Gasteiger charge is -2.16. The number of nitrogens with two attached hydrogens (primary N) is 1. The Balaban J connectivity index is 2.72. The van der Waals surface area contributed by atoms with Crippen molar-refractivity contribution >= 4 is 15.7 Å². The van der Waals surface area contributed by atoms with Crippen molar-refractivity contribution < 1.29 is 8.42 Å². The molecule has 1 aromatic rings. The Bertz CT molecular complexity index is 483. The second-order valence-electron chi connectivity index (χ2n) is 4.79. The molecule has 1 atom stereocenters. The summed E-state index contributed by atoms with van der Waals surface area (Å²) in [6, 6.07) is 7.13. The van der Waals surface area contributed by atoms with E-state index in [1.54, 1.807) is 24.3 Å². The fourth-order valence-corrected chi connectivity index (χ4v) is 2.62. The van der Waals surface area contributed by atoms with Crippen LogP contribution in [-0.4, -0.2) is 39.4 Å². The second-order valence-corrected chi connectivity index (χ2v) is 6.94. The molecule has 0 radical (unpaired) electrons. The maximum Gasteiger partial charge on any atom is 0.242 e. The van der Waals surface area contributed by atoms with Crippen molar-refractivity contribution in [1.82, 2.24) is 4.31 Å². The minimum atomic E-state index is -3.35. The zero-order valence-electron chi connectivity index (χ0n) is 11.8. The Morgan fingerprint density at radius 3 is 2.32 bits per heavy atom. The van der Waals surface area contributed by atoms with Crippen molar-refractivity contribution in [3.8, 4) is 0 Å². The minimum absolute atomic E-state index is 0.303. The van der Waals surface area contributed by atoms with Gasteiger partial charge in [0.1, 0.15) is 0 Å². The number of hydrogen-bond acceptors (Lipinski definition) is 4. The van der Waals surface area contributed by atoms with Crippen LogP contribution in [-0.2, 0) is 10.0 Å². The smallest absolute Gasteiger partial charge is 0.242 e. The molecule has 0 aliphatic heterocycles. The first-order valence-electron chi connectivity index (χ1n) is 6.37. The van der Waals surface area contributed by atoms with Gasteiger partial charge in [-0.3, -0.25) is 0 Å². The maximum absolute atomic E-state index is 11.9. The molecule has 0 aliphatic carbocycles. The fourth-order valence-electron chi connectivity index (χ4n) is 1.71. The fraction of sp³-hybridized carbons (Fsp3) is 0.538. The number of nitrogens with one attached hydrogen (secondary N) is 1. The van der Waals surface area contributed by atoms with Crippen molar-refractivity contribution in [2.75, 3.05) is 26.0 Å². The van der Waals surface area contributed by atoms with Crippen LogP contribution >= 0.6 is 0 Å². The summed E-state index contributed by atoms with van der Waals surface area (Å²) >= 11 is 0. The molecule has 108 valence electrons. The Morgan fingerprint density at radius 1 is 1.26 bits per heavy atom. The molecule has 1 unspecified atom stereocenters. The van der Waals surface area contributed by atoms with Crippen molar-refractivity contribution in [3.05, 3.63) is 24.3 Å². The Hall–Kier alpha value is -1.11. The van der Waals surface area contributed by atoms with E-state index in [-0.39, 0.29) is 0 Å². The predicted molar refractivity (Wildman–Crippen MR) is 78.7 cm³/mol. The SMILES string of the molecule is CC(CCCN)Nc1ccc(S(=O)(=O)N(C)C)cc1. The molecule has 0 aromatic heterocycles. The molecule has 0 saturated carbocycles. The molecule has 6 heteroatoms. The van der Waals surface area contributed by atoms with Gasteiger partial charge in [-0.15, -0.1) is 0 Å². The van der Waals surface area contributed by atoms with Gasteiger partial charge in [-0.25, -0.2) is 12.7 Å². The predicted octanol–water partition coefficient (Wildman–Crippen LogP) is 1.48. The first kappa shape index (κ1) is 15.9. The molecule has 0 saturated heterocycles. The molecule has 0 spiro atoms. The summed E-state index contributed by atoms with van der Waals surface area (Å²) in [5.74, 6) is 0. The van der Waals surface area contributed by atoms with Crippen LogP contribution in [0.15, 0.2) is 29.2 Å². The van der Waals surface area contributed by atoms with Crippen LogP contribution < -0.4 is 11.1 Å². The van der Waals surface area contributed by atoms with E-state index in [9.17, 15) is 8.42 Å². The van der Waals surface area contributed by atoms with E-state index in [1.165, 1.54) is 18.4 Å². The van der Waals surface area contributed by atoms with Crippen molar-refractivity contribution in [3.63, 3.8) is 0 Å². The highest BCUT2D eigenvalue weighted by Crippen LogP contribution is 2.17. The van der Waals surface area contributed by atoms with Gasteiger partial charge in [0, 0.05) is 25.8 Å². The van der Waals surface area contributed by atoms with E-state index in [0.29, 0.717) is 17.5 Å². The highest BCUT2D eigenvalue weighted by Gasteiger charge is 2.16. The van der Waals surface area contributed by atoms with Crippen molar-refractivity contribution in [2.45, 2.75) is 30.7 Å². The Kier molecular flexibility index (Phi) is 5.78. The van der Waals surface area contributed by atoms with Crippen LogP contribution in [0.3, 0.4) is 0 Å². The highest BCUT2D eigenvalue weighted by molar-refractivity contribution is 7.89. The number of nitrogens with zero attached hydrogens (tertiary/aromatic N) is 1. The van der Waals surface area contributed by atoms with Crippen molar-refractivity contribution in [2.24, 2.45) is 5.73 Å². The van der Waals surface area contributed by atoms with Crippen LogP contribution in [0, 0.1) is 0 Å². The van der Waals surface area contributed by atoms with E-state index in [0.717, 1.165) is 18.5 Å². The molecule has 3 N–H and O–H groups in total. The van der Waals surface area contributed by atoms with E-state index in [1.807, 2.05) is 0 Å². The maximum atomic E-state index is 11.9. The molecule has 1 aromatic carbocycles. The van der Waals surface area contributed by atoms with Gasteiger partial charge in [0.15, 0.2) is 0 Å². The third-order valence-electron chi connectivity index (χ3n) is 2.89. The van der Waals surface area contributed by atoms with Gasteiger partial charge in [0.05, 0.1) is 4.90 Å². The molecule has 0 aliphatic rings. The van der Waals surface area contributed by atoms with Crippen LogP contribution in [0.2, 0.25) is 0 Å². The molecule has 0 heterocycles. The third kappa shape index (κ3) is 4.49. The van der Waals surface area contributed by atoms with E-state index in [4.69, 9.17) is 5.73 Å². The summed E-state index contributed by atoms with van der Waals surface area (Å²) in [7, 11) is -0.299. The molecule has 0 bridgehead atoms. The largest absolute Gasteiger partial charge is 0.383 e. The average molecular weight is 285 g/mol. The van der Waals surface area contributed by atoms with Gasteiger partial charge in [-0.1, -0.05) is 0 Å². The quantitative estimate of drug-likeness (QED) is 0.795. The summed E-state index contributed by atoms with van der Waals surface area (Å²) in [5, 5.41) is 3.32. The van der Waals surface area contributed by atoms with Crippen molar-refractivity contribution in [1.29, 1.82) is 0 Å². The molecular weight excluding hydrogens is 262 g/mol. The van der Waals surface area contributed by atoms with Gasteiger partial charge in [-0.2, -0.15) is 0 Å². The Morgan fingerprint density at radius 2 is 1.84 bits per heavy atom. The molecular formula is C13H23N3O2S. The lowest BCUT2D eigenvalue weighted by molar-refractivity contribution is 0.521. The average Bonchev–Trinajstić information content (AvgIpc) is 2.36. The first-order chi connectivity index (χ1) is 8.87. The van der Waals surface area contributed by atoms with Gasteiger partial charge < -0.3 is 11.1 Å². The summed E-state index contributed by atoms with van der Waals surface area (Å²) in [6.45, 7) is 2.77. The highest BCUT2D eigenvalue weighted by atomic mass is 32.2. The van der Waals surface area contributed by atoms with Crippen LogP contribution in [0.25, 0.3) is 0 Å². The van der Waals surface area contributed by atoms with Gasteiger partial charge in [0.25, 0.3) is 0 Å². The lowest BCUT2D eigenvalue weighted by Crippen LogP contribution is -2.22. The van der Waals surface area contributed by atoms with Gasteiger partial charge in [0.2, 0.25) is 10.0 Å². The second kappa shape index (κ2) is 6.88. The van der Waals surface area contributed by atoms with Gasteiger partial charge in [-0.05, 0) is 50.6 Å². The number of hydrogen-bond donors (Lipinski definition) is 2. The van der Waals surface area contributed by atoms with Crippen LogP contribution in [0.5, 0.6) is 0 Å². The third-order valence-corrected chi connectivity index (χ3v) is 4.72. The van der Waals surface area contributed by atoms with E-state index < -0.39 is 10.0 Å². The monoisotopic (exact) mass is 285 g/mol. The molecule has 5 nitrogen and oxygen atoms in total. The van der Waals surface area contributed by atoms with Crippen LogP contribution in [0.4, 0.5) is 5.69 Å². The first-order valence-corrected chi connectivity index (χ1v) is 7.81. The summed E-state index contributed by atoms with van der Waals surface area (Å²) < 4.78 is 25.0. The van der Waals surface area contributed by atoms with E-state index >= 15 is 0 Å². The summed E-state index contributed by atoms with van der Waals surface area (Å²) in [5.41, 5.74) is 6.39. The molecule has 1 rings (SSSR count). The molecule has 19 heavy (non-hydrogen) atoms. The molecule has 0 amide bonds. The van der Waals surface area contributed by atoms with Crippen LogP contribution in [0.1, 0.15) is 19.8 Å².